The van der Waals surface area contributed by atoms with Gasteiger partial charge in [0.2, 0.25) is 5.91 Å². The van der Waals surface area contributed by atoms with Crippen LogP contribution >= 0.6 is 0 Å². The maximum Gasteiger partial charge on any atom is 0.306 e. The predicted molar refractivity (Wildman–Crippen MR) is 141 cm³/mol. The van der Waals surface area contributed by atoms with Crippen molar-refractivity contribution in [2.45, 2.75) is 90.6 Å². The Balaban J connectivity index is 1.11. The van der Waals surface area contributed by atoms with E-state index in [0.29, 0.717) is 42.9 Å². The first-order valence-electron chi connectivity index (χ1n) is 14.2. The SMILES string of the molecule is C[C@]12CC[C@@H]3[C@@H](CCC4=CC(=O)CC[C@@]43C)[C@@H]1CC[C@@H]2OC(=O)CCC(=O)NCCc1ccc(O)cc1. The summed E-state index contributed by atoms with van der Waals surface area (Å²) in [5, 5.41) is 12.2. The summed E-state index contributed by atoms with van der Waals surface area (Å²) in [7, 11) is 0. The van der Waals surface area contributed by atoms with Crippen molar-refractivity contribution in [1.82, 2.24) is 5.32 Å². The van der Waals surface area contributed by atoms with E-state index in [0.717, 1.165) is 50.5 Å². The molecule has 4 aliphatic rings. The summed E-state index contributed by atoms with van der Waals surface area (Å²) in [6, 6.07) is 6.94. The number of phenolic OH excluding ortho intramolecular Hbond substituents is 1. The number of phenols is 1. The lowest BCUT2D eigenvalue weighted by Crippen LogP contribution is -2.51. The summed E-state index contributed by atoms with van der Waals surface area (Å²) < 4.78 is 6.05. The molecular weight excluding hydrogens is 466 g/mol. The number of ether oxygens (including phenoxy) is 1. The summed E-state index contributed by atoms with van der Waals surface area (Å²) in [6.45, 7) is 5.22. The van der Waals surface area contributed by atoms with Crippen molar-refractivity contribution in [2.24, 2.45) is 28.6 Å². The molecule has 3 saturated carbocycles. The zero-order chi connectivity index (χ0) is 26.2. The number of ketones is 1. The van der Waals surface area contributed by atoms with Crippen LogP contribution in [0.4, 0.5) is 0 Å². The molecule has 1 aromatic carbocycles. The van der Waals surface area contributed by atoms with Gasteiger partial charge in [0.25, 0.3) is 0 Å². The van der Waals surface area contributed by atoms with Crippen molar-refractivity contribution in [2.75, 3.05) is 6.54 Å². The number of fused-ring (bicyclic) bond motifs is 5. The number of hydrogen-bond acceptors (Lipinski definition) is 5. The molecule has 2 N–H and O–H groups in total. The number of rotatable bonds is 7. The van der Waals surface area contributed by atoms with Crippen molar-refractivity contribution in [3.8, 4) is 5.75 Å². The van der Waals surface area contributed by atoms with Gasteiger partial charge in [-0.1, -0.05) is 31.6 Å². The molecule has 0 aromatic heterocycles. The standard InChI is InChI=1S/C31H41NO5/c1-30-16-13-23(34)19-21(30)5-8-24-25-9-10-27(31(25,2)17-14-26(24)30)37-29(36)12-11-28(35)32-18-15-20-3-6-22(33)7-4-20/h3-4,6-7,19,24-27,33H,5,8-18H2,1-2H3,(H,32,35)/t24-,25-,26+,27-,30-,31-/m0/s1. The van der Waals surface area contributed by atoms with E-state index in [2.05, 4.69) is 19.2 Å². The molecule has 5 rings (SSSR count). The molecule has 1 amide bonds. The lowest BCUT2D eigenvalue weighted by molar-refractivity contribution is -0.160. The van der Waals surface area contributed by atoms with Gasteiger partial charge in [-0.15, -0.1) is 0 Å². The van der Waals surface area contributed by atoms with Crippen molar-refractivity contribution < 1.29 is 24.2 Å². The largest absolute Gasteiger partial charge is 0.508 e. The fourth-order valence-corrected chi connectivity index (χ4v) is 8.24. The molecular formula is C31H41NO5. The zero-order valence-electron chi connectivity index (χ0n) is 22.3. The van der Waals surface area contributed by atoms with Crippen LogP contribution in [0.15, 0.2) is 35.9 Å². The molecule has 0 unspecified atom stereocenters. The van der Waals surface area contributed by atoms with Crippen LogP contribution < -0.4 is 5.32 Å². The monoisotopic (exact) mass is 507 g/mol. The topological polar surface area (TPSA) is 92.7 Å². The number of esters is 1. The summed E-state index contributed by atoms with van der Waals surface area (Å²) in [6.07, 6.45) is 10.8. The summed E-state index contributed by atoms with van der Waals surface area (Å²) in [5.74, 6) is 1.93. The number of carbonyl (C=O) groups is 3. The molecule has 200 valence electrons. The van der Waals surface area contributed by atoms with Gasteiger partial charge in [0.15, 0.2) is 5.78 Å². The van der Waals surface area contributed by atoms with Gasteiger partial charge in [-0.2, -0.15) is 0 Å². The van der Waals surface area contributed by atoms with Crippen molar-refractivity contribution >= 4 is 17.7 Å². The van der Waals surface area contributed by atoms with Crippen LogP contribution in [0.5, 0.6) is 5.75 Å². The fourth-order valence-electron chi connectivity index (χ4n) is 8.24. The third kappa shape index (κ3) is 5.08. The molecule has 0 bridgehead atoms. The summed E-state index contributed by atoms with van der Waals surface area (Å²) in [5.41, 5.74) is 2.58. The number of hydrogen-bond donors (Lipinski definition) is 2. The molecule has 1 aromatic rings. The van der Waals surface area contributed by atoms with Crippen molar-refractivity contribution in [1.29, 1.82) is 0 Å². The zero-order valence-corrected chi connectivity index (χ0v) is 22.3. The molecule has 6 nitrogen and oxygen atoms in total. The van der Waals surface area contributed by atoms with E-state index < -0.39 is 0 Å². The van der Waals surface area contributed by atoms with E-state index in [1.165, 1.54) is 5.57 Å². The van der Waals surface area contributed by atoms with E-state index in [-0.39, 0.29) is 47.4 Å². The van der Waals surface area contributed by atoms with Crippen LogP contribution in [-0.2, 0) is 25.5 Å². The second kappa shape index (κ2) is 10.3. The highest BCUT2D eigenvalue weighted by Gasteiger charge is 2.59. The Bertz CT molecular complexity index is 1080. The number of nitrogens with one attached hydrogen (secondary N) is 1. The molecule has 0 saturated heterocycles. The van der Waals surface area contributed by atoms with Crippen molar-refractivity contribution in [3.05, 3.63) is 41.5 Å². The first-order valence-corrected chi connectivity index (χ1v) is 14.2. The van der Waals surface area contributed by atoms with Gasteiger partial charge in [0, 0.05) is 24.8 Å². The Morgan fingerprint density at radius 2 is 1.78 bits per heavy atom. The predicted octanol–water partition coefficient (Wildman–Crippen LogP) is 5.27. The molecule has 37 heavy (non-hydrogen) atoms. The first kappa shape index (κ1) is 26.0. The number of allylic oxidation sites excluding steroid dienone is 1. The van der Waals surface area contributed by atoms with Crippen LogP contribution in [0.3, 0.4) is 0 Å². The fraction of sp³-hybridized carbons (Fsp3) is 0.645. The van der Waals surface area contributed by atoms with E-state index in [1.54, 1.807) is 12.1 Å². The minimum Gasteiger partial charge on any atom is -0.508 e. The highest BCUT2D eigenvalue weighted by molar-refractivity contribution is 5.91. The van der Waals surface area contributed by atoms with Gasteiger partial charge < -0.3 is 15.2 Å². The van der Waals surface area contributed by atoms with Gasteiger partial charge in [-0.25, -0.2) is 0 Å². The summed E-state index contributed by atoms with van der Waals surface area (Å²) >= 11 is 0. The van der Waals surface area contributed by atoms with Crippen LogP contribution in [-0.4, -0.2) is 35.4 Å². The average Bonchev–Trinajstić information content (AvgIpc) is 3.20. The van der Waals surface area contributed by atoms with Crippen LogP contribution in [0.25, 0.3) is 0 Å². The molecule has 6 heteroatoms. The van der Waals surface area contributed by atoms with E-state index in [9.17, 15) is 19.5 Å². The van der Waals surface area contributed by atoms with Crippen LogP contribution in [0, 0.1) is 28.6 Å². The number of aromatic hydroxyl groups is 1. The highest BCUT2D eigenvalue weighted by atomic mass is 16.5. The van der Waals surface area contributed by atoms with Gasteiger partial charge in [0.05, 0.1) is 6.42 Å². The Morgan fingerprint density at radius 3 is 2.57 bits per heavy atom. The van der Waals surface area contributed by atoms with Crippen LogP contribution in [0.2, 0.25) is 0 Å². The molecule has 3 fully saturated rings. The second-order valence-corrected chi connectivity index (χ2v) is 12.3. The van der Waals surface area contributed by atoms with Crippen LogP contribution in [0.1, 0.15) is 83.6 Å². The normalized spacial score (nSPS) is 34.5. The number of carbonyl (C=O) groups excluding carboxylic acids is 3. The quantitative estimate of drug-likeness (QED) is 0.490. The lowest BCUT2D eigenvalue weighted by atomic mass is 9.47. The molecule has 0 aliphatic heterocycles. The van der Waals surface area contributed by atoms with Gasteiger partial charge in [0.1, 0.15) is 11.9 Å². The average molecular weight is 508 g/mol. The molecule has 0 radical (unpaired) electrons. The minimum atomic E-state index is -0.269. The summed E-state index contributed by atoms with van der Waals surface area (Å²) in [4.78, 5) is 37.1. The maximum absolute atomic E-state index is 12.7. The molecule has 4 aliphatic carbocycles. The third-order valence-corrected chi connectivity index (χ3v) is 10.4. The first-order chi connectivity index (χ1) is 17.7. The van der Waals surface area contributed by atoms with Gasteiger partial charge in [-0.3, -0.25) is 14.4 Å². The maximum atomic E-state index is 12.7. The minimum absolute atomic E-state index is 0.00523. The van der Waals surface area contributed by atoms with Gasteiger partial charge >= 0.3 is 5.97 Å². The van der Waals surface area contributed by atoms with Crippen molar-refractivity contribution in [3.63, 3.8) is 0 Å². The third-order valence-electron chi connectivity index (χ3n) is 10.4. The number of amides is 1. The Hall–Kier alpha value is -2.63. The lowest BCUT2D eigenvalue weighted by Gasteiger charge is -2.57. The molecule has 6 atom stereocenters. The Morgan fingerprint density at radius 1 is 1.00 bits per heavy atom. The Kier molecular flexibility index (Phi) is 7.21. The van der Waals surface area contributed by atoms with E-state index >= 15 is 0 Å². The number of benzene rings is 1. The van der Waals surface area contributed by atoms with E-state index in [1.807, 2.05) is 18.2 Å². The highest BCUT2D eigenvalue weighted by Crippen LogP contribution is 2.65. The molecule has 0 heterocycles. The van der Waals surface area contributed by atoms with E-state index in [4.69, 9.17) is 4.74 Å². The Labute approximate surface area is 220 Å². The molecule has 0 spiro atoms. The smallest absolute Gasteiger partial charge is 0.306 e. The van der Waals surface area contributed by atoms with Gasteiger partial charge in [-0.05, 0) is 98.3 Å². The second-order valence-electron chi connectivity index (χ2n) is 12.3.